The van der Waals surface area contributed by atoms with Gasteiger partial charge < -0.3 is 0 Å². The maximum absolute atomic E-state index is 11.2. The number of ketones is 1. The van der Waals surface area contributed by atoms with E-state index in [-0.39, 0.29) is 0 Å². The van der Waals surface area contributed by atoms with Crippen molar-refractivity contribution in [2.75, 3.05) is 0 Å². The first-order chi connectivity index (χ1) is 4.61. The molecule has 0 N–H and O–H groups in total. The zero-order valence-electron chi connectivity index (χ0n) is 7.05. The lowest BCUT2D eigenvalue weighted by atomic mass is 9.76. The van der Waals surface area contributed by atoms with Crippen molar-refractivity contribution < 1.29 is 4.79 Å². The number of Topliss-reactive ketones (excluding diaryl/α,β-unsaturated/α-hetero) is 1. The number of carbonyl (C=O) groups is 1. The average Bonchev–Trinajstić information content (AvgIpc) is 1.84. The van der Waals surface area contributed by atoms with E-state index in [1.165, 1.54) is 0 Å². The zero-order valence-corrected chi connectivity index (χ0v) is 7.05. The lowest BCUT2D eigenvalue weighted by Gasteiger charge is -2.28. The summed E-state index contributed by atoms with van der Waals surface area (Å²) in [4.78, 5) is 11.2. The highest BCUT2D eigenvalue weighted by atomic mass is 16.1. The van der Waals surface area contributed by atoms with Gasteiger partial charge in [-0.2, -0.15) is 0 Å². The summed E-state index contributed by atoms with van der Waals surface area (Å²) in [5.41, 5.74) is 0. The van der Waals surface area contributed by atoms with Gasteiger partial charge in [0.05, 0.1) is 0 Å². The lowest BCUT2D eigenvalue weighted by molar-refractivity contribution is -0.126. The maximum Gasteiger partial charge on any atom is 0.135 e. The van der Waals surface area contributed by atoms with Gasteiger partial charge in [-0.1, -0.05) is 20.8 Å². The van der Waals surface area contributed by atoms with Crippen LogP contribution in [0.2, 0.25) is 0 Å². The molecule has 0 heterocycles. The quantitative estimate of drug-likeness (QED) is 0.504. The fourth-order valence-electron chi connectivity index (χ4n) is 1.64. The van der Waals surface area contributed by atoms with Gasteiger partial charge in [-0.25, -0.2) is 0 Å². The van der Waals surface area contributed by atoms with E-state index >= 15 is 0 Å². The molecule has 1 fully saturated rings. The first-order valence-electron chi connectivity index (χ1n) is 4.14. The monoisotopic (exact) mass is 140 g/mol. The number of carbonyl (C=O) groups excluding carboxylic acids is 1. The van der Waals surface area contributed by atoms with Crippen LogP contribution in [0.15, 0.2) is 0 Å². The summed E-state index contributed by atoms with van der Waals surface area (Å²) in [5.74, 6) is 2.15. The van der Waals surface area contributed by atoms with Crippen LogP contribution in [0, 0.1) is 17.8 Å². The van der Waals surface area contributed by atoms with Crippen LogP contribution in [0.4, 0.5) is 0 Å². The standard InChI is InChI=1S/C9H16O/c1-6-4-8(3)9(10)5-7(6)2/h6-8H,4-5H2,1-3H3. The maximum atomic E-state index is 11.2. The Balaban J connectivity index is 2.54. The first kappa shape index (κ1) is 7.77. The minimum atomic E-state index is 0.325. The Labute approximate surface area is 62.8 Å². The predicted molar refractivity (Wildman–Crippen MR) is 41.7 cm³/mol. The van der Waals surface area contributed by atoms with Gasteiger partial charge in [0.1, 0.15) is 5.78 Å². The second kappa shape index (κ2) is 2.73. The Morgan fingerprint density at radius 2 is 1.80 bits per heavy atom. The number of hydrogen-bond acceptors (Lipinski definition) is 1. The van der Waals surface area contributed by atoms with Gasteiger partial charge in [0, 0.05) is 12.3 Å². The third-order valence-electron chi connectivity index (χ3n) is 2.77. The van der Waals surface area contributed by atoms with Crippen LogP contribution in [0.1, 0.15) is 33.6 Å². The molecule has 1 aliphatic rings. The molecule has 1 rings (SSSR count). The van der Waals surface area contributed by atoms with Crippen molar-refractivity contribution >= 4 is 5.78 Å². The molecular formula is C9H16O. The molecule has 0 aromatic heterocycles. The molecule has 3 unspecified atom stereocenters. The van der Waals surface area contributed by atoms with Crippen molar-refractivity contribution in [1.29, 1.82) is 0 Å². The van der Waals surface area contributed by atoms with E-state index in [9.17, 15) is 4.79 Å². The highest BCUT2D eigenvalue weighted by molar-refractivity contribution is 5.81. The van der Waals surface area contributed by atoms with E-state index in [0.717, 1.165) is 18.8 Å². The zero-order chi connectivity index (χ0) is 7.72. The first-order valence-corrected chi connectivity index (χ1v) is 4.14. The molecule has 0 aliphatic heterocycles. The van der Waals surface area contributed by atoms with Crippen molar-refractivity contribution in [1.82, 2.24) is 0 Å². The summed E-state index contributed by atoms with van der Waals surface area (Å²) in [6.45, 7) is 6.47. The summed E-state index contributed by atoms with van der Waals surface area (Å²) in [6.07, 6.45) is 1.91. The number of rotatable bonds is 0. The summed E-state index contributed by atoms with van der Waals surface area (Å²) < 4.78 is 0. The average molecular weight is 140 g/mol. The Kier molecular flexibility index (Phi) is 2.12. The van der Waals surface area contributed by atoms with Crippen LogP contribution in [-0.4, -0.2) is 5.78 Å². The second-order valence-corrected chi connectivity index (χ2v) is 3.76. The highest BCUT2D eigenvalue weighted by Crippen LogP contribution is 2.30. The third kappa shape index (κ3) is 1.39. The molecule has 0 saturated heterocycles. The molecule has 1 aliphatic carbocycles. The van der Waals surface area contributed by atoms with Crippen molar-refractivity contribution in [3.63, 3.8) is 0 Å². The van der Waals surface area contributed by atoms with Gasteiger partial charge >= 0.3 is 0 Å². The van der Waals surface area contributed by atoms with Gasteiger partial charge in [0.25, 0.3) is 0 Å². The van der Waals surface area contributed by atoms with E-state index < -0.39 is 0 Å². The van der Waals surface area contributed by atoms with Gasteiger partial charge in [0.2, 0.25) is 0 Å². The molecule has 0 aromatic carbocycles. The smallest absolute Gasteiger partial charge is 0.135 e. The normalized spacial score (nSPS) is 41.9. The molecule has 10 heavy (non-hydrogen) atoms. The van der Waals surface area contributed by atoms with Gasteiger partial charge in [0.15, 0.2) is 0 Å². The van der Waals surface area contributed by atoms with Crippen LogP contribution >= 0.6 is 0 Å². The summed E-state index contributed by atoms with van der Waals surface area (Å²) in [6, 6.07) is 0. The van der Waals surface area contributed by atoms with Crippen LogP contribution < -0.4 is 0 Å². The van der Waals surface area contributed by atoms with Crippen molar-refractivity contribution in [2.24, 2.45) is 17.8 Å². The predicted octanol–water partition coefficient (Wildman–Crippen LogP) is 2.26. The van der Waals surface area contributed by atoms with Gasteiger partial charge in [-0.3, -0.25) is 4.79 Å². The Hall–Kier alpha value is -0.330. The summed E-state index contributed by atoms with van der Waals surface area (Å²) >= 11 is 0. The van der Waals surface area contributed by atoms with Crippen LogP contribution in [0.5, 0.6) is 0 Å². The van der Waals surface area contributed by atoms with Crippen molar-refractivity contribution in [3.8, 4) is 0 Å². The minimum Gasteiger partial charge on any atom is -0.299 e. The topological polar surface area (TPSA) is 17.1 Å². The second-order valence-electron chi connectivity index (χ2n) is 3.76. The van der Waals surface area contributed by atoms with Crippen molar-refractivity contribution in [3.05, 3.63) is 0 Å². The molecule has 0 amide bonds. The highest BCUT2D eigenvalue weighted by Gasteiger charge is 2.27. The molecule has 1 saturated carbocycles. The molecule has 0 bridgehead atoms. The summed E-state index contributed by atoms with van der Waals surface area (Å²) in [5, 5.41) is 0. The fourth-order valence-corrected chi connectivity index (χ4v) is 1.64. The Morgan fingerprint density at radius 1 is 1.20 bits per heavy atom. The van der Waals surface area contributed by atoms with Crippen LogP contribution in [0.3, 0.4) is 0 Å². The van der Waals surface area contributed by atoms with Gasteiger partial charge in [-0.15, -0.1) is 0 Å². The van der Waals surface area contributed by atoms with Crippen LogP contribution in [0.25, 0.3) is 0 Å². The third-order valence-corrected chi connectivity index (χ3v) is 2.77. The minimum absolute atomic E-state index is 0.325. The molecule has 0 spiro atoms. The molecule has 3 atom stereocenters. The molecule has 1 heteroatoms. The van der Waals surface area contributed by atoms with E-state index in [2.05, 4.69) is 13.8 Å². The fraction of sp³-hybridized carbons (Fsp3) is 0.889. The number of hydrogen-bond donors (Lipinski definition) is 0. The van der Waals surface area contributed by atoms with Crippen LogP contribution in [-0.2, 0) is 4.79 Å². The van der Waals surface area contributed by atoms with E-state index in [4.69, 9.17) is 0 Å². The largest absolute Gasteiger partial charge is 0.299 e. The Morgan fingerprint density at radius 3 is 2.30 bits per heavy atom. The van der Waals surface area contributed by atoms with E-state index in [1.807, 2.05) is 6.92 Å². The van der Waals surface area contributed by atoms with E-state index in [1.54, 1.807) is 0 Å². The van der Waals surface area contributed by atoms with E-state index in [0.29, 0.717) is 17.6 Å². The Bertz CT molecular complexity index is 140. The molecule has 58 valence electrons. The van der Waals surface area contributed by atoms with Crippen molar-refractivity contribution in [2.45, 2.75) is 33.6 Å². The molecule has 1 nitrogen and oxygen atoms in total. The summed E-state index contributed by atoms with van der Waals surface area (Å²) in [7, 11) is 0. The lowest BCUT2D eigenvalue weighted by Crippen LogP contribution is -2.27. The molecular weight excluding hydrogens is 124 g/mol. The molecule has 0 aromatic rings. The van der Waals surface area contributed by atoms with Gasteiger partial charge in [-0.05, 0) is 18.3 Å². The SMILES string of the molecule is CC1CC(C)C(C)CC1=O. The molecule has 0 radical (unpaired) electrons.